The van der Waals surface area contributed by atoms with Gasteiger partial charge in [0, 0.05) is 19.1 Å². The lowest BCUT2D eigenvalue weighted by atomic mass is 9.47. The van der Waals surface area contributed by atoms with Crippen molar-refractivity contribution in [3.8, 4) is 11.5 Å². The van der Waals surface area contributed by atoms with E-state index in [4.69, 9.17) is 9.47 Å². The van der Waals surface area contributed by atoms with Crippen LogP contribution in [0.5, 0.6) is 11.5 Å². The molecule has 79 heavy (non-hydrogen) atoms. The number of hydrogen-bond donors (Lipinski definition) is 0. The zero-order valence-corrected chi connectivity index (χ0v) is 45.6. The van der Waals surface area contributed by atoms with Gasteiger partial charge in [-0.25, -0.2) is 0 Å². The fraction of sp³-hybridized carbons (Fsp3) is 0.729. The second-order valence-corrected chi connectivity index (χ2v) is 23.8. The molecule has 4 aliphatic carbocycles. The summed E-state index contributed by atoms with van der Waals surface area (Å²) in [6.45, 7) is 9.92. The fourth-order valence-electron chi connectivity index (χ4n) is 13.3. The minimum atomic E-state index is -8.36. The molecule has 0 aromatic heterocycles. The Morgan fingerprint density at radius 2 is 1.20 bits per heavy atom. The average molecular weight is 1150 g/mol. The Morgan fingerprint density at radius 1 is 0.633 bits per heavy atom. The van der Waals surface area contributed by atoms with Gasteiger partial charge >= 0.3 is 47.7 Å². The Bertz CT molecular complexity index is 2350. The second kappa shape index (κ2) is 25.2. The molecular formula is C59H76F15NO4. The zero-order chi connectivity index (χ0) is 58.5. The normalized spacial score (nSPS) is 25.6. The summed E-state index contributed by atoms with van der Waals surface area (Å²) in [6.07, 6.45) is 18.2. The molecule has 0 amide bonds. The van der Waals surface area contributed by atoms with Crippen LogP contribution in [0.2, 0.25) is 0 Å². The van der Waals surface area contributed by atoms with Crippen LogP contribution in [0.3, 0.4) is 0 Å². The number of rotatable bonds is 28. The standard InChI is InChI=1S/C59H76F15NO4/c1-38(2)15-14-16-39(3)47-28-29-48-46-27-20-41-35-45(30-32-51(41,4)49(46)31-33-52(47,48)5)79-50(76)17-12-10-8-6-7-9-11-13-34-77-43-23-18-40(19-24-43)36-75-42-21-25-44(26-22-42)78-37-53(60,61)54(62,63)55(64,65)56(66,67)57(68,69)58(70,71)59(72,73)74/h18-26,36,38-39,45-49H,6-17,27-35,37H2,1-5H3/t39-,45+,46+,47-,48+,49+,51+,52-/m1/s1. The van der Waals surface area contributed by atoms with E-state index in [9.17, 15) is 70.7 Å². The Labute approximate surface area is 454 Å². The van der Waals surface area contributed by atoms with Gasteiger partial charge in [0.25, 0.3) is 0 Å². The smallest absolute Gasteiger partial charge is 0.460 e. The highest BCUT2D eigenvalue weighted by molar-refractivity contribution is 5.82. The molecule has 0 aliphatic heterocycles. The van der Waals surface area contributed by atoms with Crippen LogP contribution in [0.4, 0.5) is 71.5 Å². The number of halogens is 15. The number of ether oxygens (including phenoxy) is 3. The van der Waals surface area contributed by atoms with Crippen LogP contribution < -0.4 is 9.47 Å². The third-order valence-corrected chi connectivity index (χ3v) is 18.0. The summed E-state index contributed by atoms with van der Waals surface area (Å²) in [5, 5.41) is 0. The minimum absolute atomic E-state index is 0.0209. The summed E-state index contributed by atoms with van der Waals surface area (Å²) in [6, 6.07) is 10.4. The van der Waals surface area contributed by atoms with Crippen molar-refractivity contribution in [2.75, 3.05) is 13.2 Å². The van der Waals surface area contributed by atoms with Gasteiger partial charge in [-0.15, -0.1) is 0 Å². The molecule has 5 nitrogen and oxygen atoms in total. The number of aliphatic imine (C=N–C) groups is 1. The predicted octanol–water partition coefficient (Wildman–Crippen LogP) is 19.0. The van der Waals surface area contributed by atoms with E-state index in [0.717, 1.165) is 130 Å². The van der Waals surface area contributed by atoms with Crippen LogP contribution in [-0.2, 0) is 9.53 Å². The number of nitrogens with zero attached hydrogens (tertiary/aromatic N) is 1. The van der Waals surface area contributed by atoms with E-state index in [1.807, 2.05) is 0 Å². The molecule has 2 aromatic carbocycles. The Morgan fingerprint density at radius 3 is 1.82 bits per heavy atom. The Hall–Kier alpha value is -4.13. The lowest BCUT2D eigenvalue weighted by Gasteiger charge is -2.58. The topological polar surface area (TPSA) is 57.1 Å². The number of esters is 1. The number of carbonyl (C=O) groups excluding carboxylic acids is 1. The van der Waals surface area contributed by atoms with Gasteiger partial charge in [-0.1, -0.05) is 104 Å². The molecule has 4 aliphatic rings. The van der Waals surface area contributed by atoms with Crippen molar-refractivity contribution in [3.05, 3.63) is 65.7 Å². The summed E-state index contributed by atoms with van der Waals surface area (Å²) >= 11 is 0. The van der Waals surface area contributed by atoms with Gasteiger partial charge in [0.1, 0.15) is 17.6 Å². The third kappa shape index (κ3) is 13.7. The monoisotopic (exact) mass is 1150 g/mol. The Balaban J connectivity index is 0.815. The van der Waals surface area contributed by atoms with Crippen LogP contribution in [0.1, 0.15) is 169 Å². The van der Waals surface area contributed by atoms with Gasteiger partial charge in [-0.05, 0) is 158 Å². The molecular weight excluding hydrogens is 1070 g/mol. The second-order valence-electron chi connectivity index (χ2n) is 23.8. The molecule has 3 fully saturated rings. The van der Waals surface area contributed by atoms with Crippen molar-refractivity contribution in [2.24, 2.45) is 51.3 Å². The number of alkyl halides is 15. The number of carbonyl (C=O) groups is 1. The largest absolute Gasteiger partial charge is 0.494 e. The van der Waals surface area contributed by atoms with Crippen molar-refractivity contribution < 1.29 is 84.9 Å². The van der Waals surface area contributed by atoms with Gasteiger partial charge in [0.2, 0.25) is 0 Å². The number of hydrogen-bond acceptors (Lipinski definition) is 5. The highest BCUT2D eigenvalue weighted by Gasteiger charge is 2.93. The summed E-state index contributed by atoms with van der Waals surface area (Å²) < 4.78 is 218. The van der Waals surface area contributed by atoms with Crippen LogP contribution in [0.25, 0.3) is 0 Å². The molecule has 3 saturated carbocycles. The molecule has 0 unspecified atom stereocenters. The molecule has 0 radical (unpaired) electrons. The SMILES string of the molecule is CC(C)CCC[C@@H](C)[C@H]1CC[C@H]2[C@@H]3CC=C4C[C@@H](OC(=O)CCCCCCCCCCOc5ccc(C=Nc6ccc(OCC(F)(F)C(F)(F)C(F)(F)C(F)(F)C(F)(F)C(F)(F)C(F)(F)F)cc6)cc5)CC[C@]4(C)[C@H]3CC[C@]12C. The number of fused-ring (bicyclic) bond motifs is 5. The number of allylic oxidation sites excluding steroid dienone is 1. The van der Waals surface area contributed by atoms with Crippen molar-refractivity contribution in [2.45, 2.75) is 211 Å². The molecule has 6 rings (SSSR count). The van der Waals surface area contributed by atoms with E-state index in [1.165, 1.54) is 57.6 Å². The molecule has 20 heteroatoms. The lowest BCUT2D eigenvalue weighted by molar-refractivity contribution is -0.453. The van der Waals surface area contributed by atoms with E-state index < -0.39 is 54.1 Å². The fourth-order valence-corrected chi connectivity index (χ4v) is 13.3. The molecule has 0 saturated heterocycles. The first-order valence-electron chi connectivity index (χ1n) is 28.0. The Kier molecular flexibility index (Phi) is 20.4. The summed E-state index contributed by atoms with van der Waals surface area (Å²) in [5.41, 5.74) is 2.89. The maximum absolute atomic E-state index is 14.2. The predicted molar refractivity (Wildman–Crippen MR) is 271 cm³/mol. The van der Waals surface area contributed by atoms with Crippen molar-refractivity contribution in [1.29, 1.82) is 0 Å². The molecule has 0 spiro atoms. The first-order valence-corrected chi connectivity index (χ1v) is 28.0. The molecule has 0 N–H and O–H groups in total. The molecule has 0 bridgehead atoms. The lowest BCUT2D eigenvalue weighted by Crippen LogP contribution is -2.73. The van der Waals surface area contributed by atoms with Crippen molar-refractivity contribution >= 4 is 17.9 Å². The third-order valence-electron chi connectivity index (χ3n) is 18.0. The average Bonchev–Trinajstić information content (AvgIpc) is 3.91. The van der Waals surface area contributed by atoms with E-state index in [0.29, 0.717) is 29.8 Å². The van der Waals surface area contributed by atoms with E-state index in [-0.39, 0.29) is 23.2 Å². The quantitative estimate of drug-likeness (QED) is 0.0280. The van der Waals surface area contributed by atoms with Crippen molar-refractivity contribution in [1.82, 2.24) is 0 Å². The molecule has 446 valence electrons. The zero-order valence-electron chi connectivity index (χ0n) is 45.6. The van der Waals surface area contributed by atoms with Gasteiger partial charge in [-0.3, -0.25) is 9.79 Å². The molecule has 8 atom stereocenters. The summed E-state index contributed by atoms with van der Waals surface area (Å²) in [7, 11) is 0. The van der Waals surface area contributed by atoms with Crippen LogP contribution in [0.15, 0.2) is 65.2 Å². The molecule has 0 heterocycles. The van der Waals surface area contributed by atoms with Gasteiger partial charge in [0.05, 0.1) is 12.3 Å². The summed E-state index contributed by atoms with van der Waals surface area (Å²) in [5.74, 6) is -42.6. The first kappa shape index (κ1) is 64.0. The van der Waals surface area contributed by atoms with E-state index in [2.05, 4.69) is 50.4 Å². The van der Waals surface area contributed by atoms with Crippen molar-refractivity contribution in [3.63, 3.8) is 0 Å². The van der Waals surface area contributed by atoms with E-state index in [1.54, 1.807) is 29.8 Å². The molecule has 2 aromatic rings. The highest BCUT2D eigenvalue weighted by atomic mass is 19.4. The number of unbranched alkanes of at least 4 members (excludes halogenated alkanes) is 7. The highest BCUT2D eigenvalue weighted by Crippen LogP contribution is 2.68. The number of benzene rings is 2. The van der Waals surface area contributed by atoms with Crippen LogP contribution in [0, 0.1) is 46.3 Å². The summed E-state index contributed by atoms with van der Waals surface area (Å²) in [4.78, 5) is 17.1. The first-order chi connectivity index (χ1) is 36.7. The van der Waals surface area contributed by atoms with Gasteiger partial charge in [-0.2, -0.15) is 65.9 Å². The maximum Gasteiger partial charge on any atom is 0.460 e. The minimum Gasteiger partial charge on any atom is -0.494 e. The van der Waals surface area contributed by atoms with E-state index >= 15 is 0 Å². The van der Waals surface area contributed by atoms with Crippen LogP contribution in [-0.4, -0.2) is 73.2 Å². The van der Waals surface area contributed by atoms with Gasteiger partial charge < -0.3 is 14.2 Å². The maximum atomic E-state index is 14.2. The van der Waals surface area contributed by atoms with Crippen LogP contribution >= 0.6 is 0 Å². The van der Waals surface area contributed by atoms with Gasteiger partial charge in [0.15, 0.2) is 6.61 Å².